The molecule has 0 aliphatic heterocycles. The van der Waals surface area contributed by atoms with Gasteiger partial charge in [0.1, 0.15) is 5.75 Å². The number of rotatable bonds is 5. The summed E-state index contributed by atoms with van der Waals surface area (Å²) in [5.74, 6) is 0.694. The van der Waals surface area contributed by atoms with E-state index in [0.29, 0.717) is 13.0 Å². The standard InChI is InChI=1S/C13H13ClO3S/c14-18(15,16)10-4-9-17-13-8-3-6-11-5-1-2-7-12(11)13/h1-3,5-8H,4,9-10H2. The average molecular weight is 285 g/mol. The molecule has 0 aromatic heterocycles. The van der Waals surface area contributed by atoms with Crippen LogP contribution in [0.5, 0.6) is 5.75 Å². The van der Waals surface area contributed by atoms with Crippen LogP contribution in [0, 0.1) is 0 Å². The molecule has 2 aromatic rings. The van der Waals surface area contributed by atoms with Crippen molar-refractivity contribution in [2.75, 3.05) is 12.4 Å². The SMILES string of the molecule is O=S(=O)(Cl)CCCOc1cccc2ccccc12. The molecular weight excluding hydrogens is 272 g/mol. The highest BCUT2D eigenvalue weighted by atomic mass is 35.7. The Morgan fingerprint density at radius 2 is 1.78 bits per heavy atom. The minimum absolute atomic E-state index is 0.0701. The van der Waals surface area contributed by atoms with Crippen molar-refractivity contribution in [1.29, 1.82) is 0 Å². The van der Waals surface area contributed by atoms with Crippen LogP contribution in [0.15, 0.2) is 42.5 Å². The van der Waals surface area contributed by atoms with Crippen molar-refractivity contribution in [3.63, 3.8) is 0 Å². The number of hydrogen-bond acceptors (Lipinski definition) is 3. The molecule has 0 atom stereocenters. The molecule has 18 heavy (non-hydrogen) atoms. The van der Waals surface area contributed by atoms with Gasteiger partial charge in [-0.25, -0.2) is 8.42 Å². The van der Waals surface area contributed by atoms with Gasteiger partial charge in [-0.1, -0.05) is 36.4 Å². The summed E-state index contributed by atoms with van der Waals surface area (Å²) in [4.78, 5) is 0. The third-order valence-corrected chi connectivity index (χ3v) is 3.78. The molecule has 0 aliphatic rings. The minimum atomic E-state index is -3.43. The third-order valence-electron chi connectivity index (χ3n) is 2.54. The summed E-state index contributed by atoms with van der Waals surface area (Å²) < 4.78 is 27.1. The van der Waals surface area contributed by atoms with Gasteiger partial charge < -0.3 is 4.74 Å². The lowest BCUT2D eigenvalue weighted by atomic mass is 10.1. The van der Waals surface area contributed by atoms with E-state index < -0.39 is 9.05 Å². The van der Waals surface area contributed by atoms with Crippen molar-refractivity contribution in [2.45, 2.75) is 6.42 Å². The molecule has 5 heteroatoms. The highest BCUT2D eigenvalue weighted by Crippen LogP contribution is 2.25. The second-order valence-electron chi connectivity index (χ2n) is 3.92. The Kier molecular flexibility index (Phi) is 4.09. The minimum Gasteiger partial charge on any atom is -0.493 e. The normalized spacial score (nSPS) is 11.6. The number of ether oxygens (including phenoxy) is 1. The second kappa shape index (κ2) is 5.59. The van der Waals surface area contributed by atoms with Crippen LogP contribution in [0.1, 0.15) is 6.42 Å². The lowest BCUT2D eigenvalue weighted by molar-refractivity contribution is 0.321. The van der Waals surface area contributed by atoms with E-state index in [2.05, 4.69) is 0 Å². The lowest BCUT2D eigenvalue weighted by Gasteiger charge is -2.08. The van der Waals surface area contributed by atoms with E-state index in [1.807, 2.05) is 42.5 Å². The molecular formula is C13H13ClO3S. The quantitative estimate of drug-likeness (QED) is 0.626. The van der Waals surface area contributed by atoms with Crippen molar-refractivity contribution in [2.24, 2.45) is 0 Å². The molecule has 0 amide bonds. The van der Waals surface area contributed by atoms with E-state index in [0.717, 1.165) is 16.5 Å². The van der Waals surface area contributed by atoms with Crippen LogP contribution < -0.4 is 4.74 Å². The Bertz CT molecular complexity index is 632. The van der Waals surface area contributed by atoms with Gasteiger partial charge in [-0.2, -0.15) is 0 Å². The van der Waals surface area contributed by atoms with Crippen LogP contribution in [-0.4, -0.2) is 20.8 Å². The first-order valence-electron chi connectivity index (χ1n) is 5.59. The summed E-state index contributed by atoms with van der Waals surface area (Å²) in [6, 6.07) is 13.7. The van der Waals surface area contributed by atoms with Crippen LogP contribution in [0.4, 0.5) is 0 Å². The summed E-state index contributed by atoms with van der Waals surface area (Å²) in [6.07, 6.45) is 0.384. The lowest BCUT2D eigenvalue weighted by Crippen LogP contribution is -2.04. The maximum Gasteiger partial charge on any atom is 0.232 e. The molecule has 0 spiro atoms. The Morgan fingerprint density at radius 3 is 2.56 bits per heavy atom. The predicted molar refractivity (Wildman–Crippen MR) is 73.7 cm³/mol. The zero-order valence-corrected chi connectivity index (χ0v) is 11.2. The van der Waals surface area contributed by atoms with Crippen LogP contribution >= 0.6 is 10.7 Å². The van der Waals surface area contributed by atoms with E-state index in [1.54, 1.807) is 0 Å². The Labute approximate surface area is 111 Å². The third kappa shape index (κ3) is 3.62. The maximum atomic E-state index is 10.8. The van der Waals surface area contributed by atoms with Gasteiger partial charge in [0.15, 0.2) is 0 Å². The Hall–Kier alpha value is -1.26. The summed E-state index contributed by atoms with van der Waals surface area (Å²) in [5, 5.41) is 2.12. The van der Waals surface area contributed by atoms with E-state index in [4.69, 9.17) is 15.4 Å². The highest BCUT2D eigenvalue weighted by Gasteiger charge is 2.05. The number of fused-ring (bicyclic) bond motifs is 1. The van der Waals surface area contributed by atoms with E-state index >= 15 is 0 Å². The number of hydrogen-bond donors (Lipinski definition) is 0. The monoisotopic (exact) mass is 284 g/mol. The van der Waals surface area contributed by atoms with Gasteiger partial charge in [0.25, 0.3) is 0 Å². The van der Waals surface area contributed by atoms with Crippen molar-refractivity contribution < 1.29 is 13.2 Å². The zero-order valence-electron chi connectivity index (χ0n) is 9.67. The summed E-state index contributed by atoms with van der Waals surface area (Å²) in [5.41, 5.74) is 0. The van der Waals surface area contributed by atoms with Gasteiger partial charge in [0.2, 0.25) is 9.05 Å². The zero-order chi connectivity index (χ0) is 13.0. The smallest absolute Gasteiger partial charge is 0.232 e. The summed E-state index contributed by atoms with van der Waals surface area (Å²) >= 11 is 0. The van der Waals surface area contributed by atoms with Crippen molar-refractivity contribution in [3.05, 3.63) is 42.5 Å². The molecule has 0 bridgehead atoms. The first-order valence-corrected chi connectivity index (χ1v) is 8.07. The molecule has 0 aliphatic carbocycles. The highest BCUT2D eigenvalue weighted by molar-refractivity contribution is 8.13. The van der Waals surface area contributed by atoms with Crippen molar-refractivity contribution in [1.82, 2.24) is 0 Å². The van der Waals surface area contributed by atoms with Gasteiger partial charge in [-0.3, -0.25) is 0 Å². The van der Waals surface area contributed by atoms with Gasteiger partial charge >= 0.3 is 0 Å². The van der Waals surface area contributed by atoms with Gasteiger partial charge in [0, 0.05) is 16.1 Å². The first-order chi connectivity index (χ1) is 8.56. The molecule has 0 unspecified atom stereocenters. The molecule has 0 saturated carbocycles. The molecule has 0 heterocycles. The molecule has 0 saturated heterocycles. The fourth-order valence-corrected chi connectivity index (χ4v) is 2.53. The second-order valence-corrected chi connectivity index (χ2v) is 6.82. The van der Waals surface area contributed by atoms with Crippen LogP contribution in [0.25, 0.3) is 10.8 Å². The predicted octanol–water partition coefficient (Wildman–Crippen LogP) is 3.18. The summed E-state index contributed by atoms with van der Waals surface area (Å²) in [6.45, 7) is 0.333. The molecule has 2 rings (SSSR count). The van der Waals surface area contributed by atoms with Crippen LogP contribution in [0.2, 0.25) is 0 Å². The van der Waals surface area contributed by atoms with E-state index in [-0.39, 0.29) is 5.75 Å². The number of benzene rings is 2. The van der Waals surface area contributed by atoms with Gasteiger partial charge in [-0.05, 0) is 17.9 Å². The first kappa shape index (κ1) is 13.2. The van der Waals surface area contributed by atoms with Gasteiger partial charge in [0.05, 0.1) is 12.4 Å². The molecule has 0 fully saturated rings. The molecule has 0 radical (unpaired) electrons. The fourth-order valence-electron chi connectivity index (χ4n) is 1.74. The van der Waals surface area contributed by atoms with Crippen LogP contribution in [0.3, 0.4) is 0 Å². The Morgan fingerprint density at radius 1 is 1.06 bits per heavy atom. The molecule has 3 nitrogen and oxygen atoms in total. The van der Waals surface area contributed by atoms with E-state index in [1.165, 1.54) is 0 Å². The fraction of sp³-hybridized carbons (Fsp3) is 0.231. The average Bonchev–Trinajstić information content (AvgIpc) is 2.33. The van der Waals surface area contributed by atoms with Crippen molar-refractivity contribution in [3.8, 4) is 5.75 Å². The molecule has 0 N–H and O–H groups in total. The molecule has 2 aromatic carbocycles. The topological polar surface area (TPSA) is 43.4 Å². The maximum absolute atomic E-state index is 10.8. The Balaban J connectivity index is 2.04. The number of halogens is 1. The van der Waals surface area contributed by atoms with E-state index in [9.17, 15) is 8.42 Å². The largest absolute Gasteiger partial charge is 0.493 e. The van der Waals surface area contributed by atoms with Crippen molar-refractivity contribution >= 4 is 30.5 Å². The molecule has 96 valence electrons. The van der Waals surface area contributed by atoms with Gasteiger partial charge in [-0.15, -0.1) is 0 Å². The van der Waals surface area contributed by atoms with Crippen LogP contribution in [-0.2, 0) is 9.05 Å². The summed E-state index contributed by atoms with van der Waals surface area (Å²) in [7, 11) is 1.70.